The molecule has 0 saturated heterocycles. The number of amides is 1. The second-order valence-electron chi connectivity index (χ2n) is 6.29. The predicted octanol–water partition coefficient (Wildman–Crippen LogP) is 1.11. The Morgan fingerprint density at radius 3 is 3.04 bits per heavy atom. The van der Waals surface area contributed by atoms with Crippen molar-refractivity contribution in [3.63, 3.8) is 0 Å². The van der Waals surface area contributed by atoms with Crippen LogP contribution in [0, 0.1) is 0 Å². The molecule has 3 heterocycles. The van der Waals surface area contributed by atoms with Gasteiger partial charge in [-0.25, -0.2) is 9.97 Å². The quantitative estimate of drug-likeness (QED) is 0.878. The molecule has 2 N–H and O–H groups in total. The van der Waals surface area contributed by atoms with E-state index in [4.69, 9.17) is 15.2 Å². The summed E-state index contributed by atoms with van der Waals surface area (Å²) in [6.45, 7) is 3.30. The van der Waals surface area contributed by atoms with Crippen LogP contribution in [0.15, 0.2) is 24.5 Å². The maximum Gasteiger partial charge on any atom is 0.267 e. The number of nitrogens with zero attached hydrogens (tertiary/aromatic N) is 4. The van der Waals surface area contributed by atoms with Gasteiger partial charge in [-0.05, 0) is 30.2 Å². The highest BCUT2D eigenvalue weighted by Gasteiger charge is 2.29. The summed E-state index contributed by atoms with van der Waals surface area (Å²) in [5.74, 6) is 0.153. The number of benzene rings is 1. The highest BCUT2D eigenvalue weighted by Crippen LogP contribution is 2.33. The first-order chi connectivity index (χ1) is 12.7. The van der Waals surface area contributed by atoms with Crippen molar-refractivity contribution in [3.05, 3.63) is 35.7 Å². The van der Waals surface area contributed by atoms with E-state index < -0.39 is 0 Å². The number of nitrogens with two attached hydrogens (primary N) is 1. The number of carbonyl (C=O) groups excluding carboxylic acids is 1. The number of ether oxygens (including phenoxy) is 2. The Morgan fingerprint density at radius 1 is 1.31 bits per heavy atom. The minimum Gasteiger partial charge on any atom is -0.475 e. The van der Waals surface area contributed by atoms with Crippen LogP contribution in [0.1, 0.15) is 15.9 Å². The molecule has 8 nitrogen and oxygen atoms in total. The van der Waals surface area contributed by atoms with Crippen LogP contribution in [0.4, 0.5) is 17.2 Å². The first kappa shape index (κ1) is 16.6. The molecule has 2 aromatic rings. The van der Waals surface area contributed by atoms with Gasteiger partial charge in [-0.3, -0.25) is 4.79 Å². The van der Waals surface area contributed by atoms with Gasteiger partial charge in [0.2, 0.25) is 5.88 Å². The molecule has 0 bridgehead atoms. The summed E-state index contributed by atoms with van der Waals surface area (Å²) in [5, 5.41) is 0. The summed E-state index contributed by atoms with van der Waals surface area (Å²) in [7, 11) is 1.71. The van der Waals surface area contributed by atoms with E-state index in [-0.39, 0.29) is 23.2 Å². The van der Waals surface area contributed by atoms with Crippen molar-refractivity contribution >= 4 is 23.1 Å². The average Bonchev–Trinajstić information content (AvgIpc) is 2.96. The second kappa shape index (κ2) is 6.80. The Balaban J connectivity index is 1.64. The molecule has 0 saturated carbocycles. The van der Waals surface area contributed by atoms with Crippen LogP contribution in [0.3, 0.4) is 0 Å². The van der Waals surface area contributed by atoms with Crippen LogP contribution >= 0.6 is 0 Å². The molecule has 26 heavy (non-hydrogen) atoms. The predicted molar refractivity (Wildman–Crippen MR) is 97.9 cm³/mol. The van der Waals surface area contributed by atoms with Crippen molar-refractivity contribution in [1.82, 2.24) is 9.97 Å². The third kappa shape index (κ3) is 2.82. The molecule has 1 amide bonds. The van der Waals surface area contributed by atoms with E-state index in [1.807, 2.05) is 6.07 Å². The Kier molecular flexibility index (Phi) is 4.34. The van der Waals surface area contributed by atoms with Gasteiger partial charge < -0.3 is 25.0 Å². The van der Waals surface area contributed by atoms with E-state index in [1.54, 1.807) is 12.0 Å². The van der Waals surface area contributed by atoms with E-state index in [0.717, 1.165) is 25.2 Å². The third-order valence-corrected chi connectivity index (χ3v) is 4.79. The monoisotopic (exact) mass is 355 g/mol. The van der Waals surface area contributed by atoms with Crippen molar-refractivity contribution in [2.45, 2.75) is 6.42 Å². The summed E-state index contributed by atoms with van der Waals surface area (Å²) < 4.78 is 10.8. The van der Waals surface area contributed by atoms with E-state index in [9.17, 15) is 4.79 Å². The lowest BCUT2D eigenvalue weighted by Crippen LogP contribution is -2.32. The highest BCUT2D eigenvalue weighted by atomic mass is 16.5. The number of carbonyl (C=O) groups is 1. The highest BCUT2D eigenvalue weighted by molar-refractivity contribution is 6.10. The van der Waals surface area contributed by atoms with Crippen molar-refractivity contribution in [3.8, 4) is 5.88 Å². The Hall–Kier alpha value is -2.87. The summed E-state index contributed by atoms with van der Waals surface area (Å²) in [6, 6.07) is 6.11. The first-order valence-corrected chi connectivity index (χ1v) is 8.61. The van der Waals surface area contributed by atoms with Crippen LogP contribution in [-0.2, 0) is 11.2 Å². The number of hydrogen-bond donors (Lipinski definition) is 1. The molecular formula is C18H21N5O3. The van der Waals surface area contributed by atoms with E-state index in [0.29, 0.717) is 19.8 Å². The molecule has 0 fully saturated rings. The number of hydrogen-bond acceptors (Lipinski definition) is 7. The van der Waals surface area contributed by atoms with Crippen molar-refractivity contribution < 1.29 is 14.3 Å². The lowest BCUT2D eigenvalue weighted by Gasteiger charge is -2.22. The smallest absolute Gasteiger partial charge is 0.267 e. The molecule has 0 radical (unpaired) electrons. The molecule has 0 atom stereocenters. The van der Waals surface area contributed by atoms with Gasteiger partial charge in [-0.15, -0.1) is 0 Å². The van der Waals surface area contributed by atoms with Gasteiger partial charge in [0, 0.05) is 31.6 Å². The molecule has 8 heteroatoms. The molecular weight excluding hydrogens is 334 g/mol. The fourth-order valence-corrected chi connectivity index (χ4v) is 3.47. The summed E-state index contributed by atoms with van der Waals surface area (Å²) in [4.78, 5) is 25.0. The minimum atomic E-state index is -0.232. The van der Waals surface area contributed by atoms with E-state index in [2.05, 4.69) is 27.0 Å². The van der Waals surface area contributed by atoms with Crippen LogP contribution in [-0.4, -0.2) is 55.8 Å². The van der Waals surface area contributed by atoms with Crippen LogP contribution in [0.2, 0.25) is 0 Å². The van der Waals surface area contributed by atoms with Gasteiger partial charge in [0.05, 0.1) is 13.2 Å². The topological polar surface area (TPSA) is 93.8 Å². The largest absolute Gasteiger partial charge is 0.475 e. The number of aromatic nitrogens is 2. The van der Waals surface area contributed by atoms with Crippen LogP contribution < -0.4 is 20.3 Å². The van der Waals surface area contributed by atoms with Gasteiger partial charge in [0.1, 0.15) is 24.3 Å². The average molecular weight is 355 g/mol. The molecule has 2 aliphatic rings. The zero-order chi connectivity index (χ0) is 18.1. The second-order valence-corrected chi connectivity index (χ2v) is 6.29. The Morgan fingerprint density at radius 2 is 2.19 bits per heavy atom. The normalized spacial score (nSPS) is 16.1. The maximum atomic E-state index is 13.0. The molecule has 1 aromatic heterocycles. The summed E-state index contributed by atoms with van der Waals surface area (Å²) >= 11 is 0. The van der Waals surface area contributed by atoms with E-state index >= 15 is 0 Å². The van der Waals surface area contributed by atoms with Crippen LogP contribution in [0.25, 0.3) is 0 Å². The first-order valence-electron chi connectivity index (χ1n) is 8.61. The van der Waals surface area contributed by atoms with Crippen molar-refractivity contribution in [2.75, 3.05) is 55.5 Å². The molecule has 136 valence electrons. The molecule has 1 aromatic carbocycles. The maximum absolute atomic E-state index is 13.0. The third-order valence-electron chi connectivity index (χ3n) is 4.79. The molecule has 2 aliphatic heterocycles. The molecule has 0 unspecified atom stereocenters. The summed E-state index contributed by atoms with van der Waals surface area (Å²) in [5.41, 5.74) is 9.40. The summed E-state index contributed by atoms with van der Waals surface area (Å²) in [6.07, 6.45) is 2.26. The van der Waals surface area contributed by atoms with Gasteiger partial charge in [-0.2, -0.15) is 0 Å². The lowest BCUT2D eigenvalue weighted by molar-refractivity contribution is 0.0990. The number of fused-ring (bicyclic) bond motifs is 2. The number of nitrogen functional groups attached to an aromatic ring is 1. The number of anilines is 3. The Bertz CT molecular complexity index is 842. The zero-order valence-corrected chi connectivity index (χ0v) is 14.6. The van der Waals surface area contributed by atoms with Gasteiger partial charge in [-0.1, -0.05) is 0 Å². The minimum absolute atomic E-state index is 0.138. The van der Waals surface area contributed by atoms with E-state index in [1.165, 1.54) is 17.6 Å². The van der Waals surface area contributed by atoms with Gasteiger partial charge in [0.15, 0.2) is 0 Å². The zero-order valence-electron chi connectivity index (χ0n) is 14.6. The number of methoxy groups -OCH3 is 1. The van der Waals surface area contributed by atoms with Crippen molar-refractivity contribution in [1.29, 1.82) is 0 Å². The van der Waals surface area contributed by atoms with Crippen LogP contribution in [0.5, 0.6) is 5.88 Å². The van der Waals surface area contributed by atoms with Gasteiger partial charge in [0.25, 0.3) is 5.91 Å². The molecule has 0 aliphatic carbocycles. The number of rotatable bonds is 4. The fraction of sp³-hybridized carbons (Fsp3) is 0.389. The molecule has 0 spiro atoms. The lowest BCUT2D eigenvalue weighted by atomic mass is 10.1. The fourth-order valence-electron chi connectivity index (χ4n) is 3.47. The standard InChI is InChI=1S/C18H21N5O3/c1-25-8-6-22-5-4-12-10-13(2-3-14(12)22)23-7-9-26-17-15(18(23)24)16(19)20-11-21-17/h2-3,10-11H,4-9H2,1H3,(H2,19,20,21). The van der Waals surface area contributed by atoms with Crippen molar-refractivity contribution in [2.24, 2.45) is 0 Å². The molecule has 4 rings (SSSR count). The SMILES string of the molecule is COCCN1CCc2cc(N3CCOc4ncnc(N)c4C3=O)ccc21. The van der Waals surface area contributed by atoms with Gasteiger partial charge >= 0.3 is 0 Å². The Labute approximate surface area is 151 Å².